The standard InChI is InChI=1S/C10H10F3.W/c1-7(2)8-3-5-9(6-4-8)10(11,12)13;/h3-6H,1-2H3;/q-1;. The fourth-order valence-corrected chi connectivity index (χ4v) is 0.993. The number of hydrogen-bond acceptors (Lipinski definition) is 0. The van der Waals surface area contributed by atoms with Crippen LogP contribution in [-0.2, 0) is 27.2 Å². The van der Waals surface area contributed by atoms with Gasteiger partial charge in [-0.2, -0.15) is 36.8 Å². The van der Waals surface area contributed by atoms with Crippen molar-refractivity contribution in [3.05, 3.63) is 41.3 Å². The molecule has 0 atom stereocenters. The minimum absolute atomic E-state index is 0. The predicted octanol–water partition coefficient (Wildman–Crippen LogP) is 3.67. The molecule has 0 aliphatic heterocycles. The average Bonchev–Trinajstić information content (AvgIpc) is 2.03. The van der Waals surface area contributed by atoms with E-state index in [1.807, 2.05) is 13.8 Å². The quantitative estimate of drug-likeness (QED) is 0.662. The van der Waals surface area contributed by atoms with Crippen molar-refractivity contribution in [3.8, 4) is 0 Å². The molecule has 0 aliphatic rings. The largest absolute Gasteiger partial charge is 0.414 e. The summed E-state index contributed by atoms with van der Waals surface area (Å²) in [4.78, 5) is 0. The van der Waals surface area contributed by atoms with Crippen molar-refractivity contribution in [1.29, 1.82) is 0 Å². The maximum Gasteiger partial charge on any atom is 0.414 e. The van der Waals surface area contributed by atoms with E-state index in [9.17, 15) is 13.2 Å². The van der Waals surface area contributed by atoms with Crippen LogP contribution in [-0.4, -0.2) is 0 Å². The molecule has 1 rings (SSSR count). The number of alkyl halides is 3. The summed E-state index contributed by atoms with van der Waals surface area (Å²) in [6, 6.07) is 5.17. The maximum absolute atomic E-state index is 12.1. The Hall–Kier alpha value is -0.432. The van der Waals surface area contributed by atoms with Crippen molar-refractivity contribution in [2.45, 2.75) is 20.0 Å². The van der Waals surface area contributed by atoms with Crippen LogP contribution >= 0.6 is 0 Å². The first kappa shape index (κ1) is 13.6. The van der Waals surface area contributed by atoms with Crippen molar-refractivity contribution in [1.82, 2.24) is 0 Å². The van der Waals surface area contributed by atoms with Gasteiger partial charge in [-0.1, -0.05) is 13.8 Å². The first-order valence-corrected chi connectivity index (χ1v) is 3.89. The number of benzene rings is 1. The molecule has 0 aliphatic carbocycles. The molecule has 0 heterocycles. The van der Waals surface area contributed by atoms with Gasteiger partial charge in [0.05, 0.1) is 0 Å². The second-order valence-electron chi connectivity index (χ2n) is 3.08. The summed E-state index contributed by atoms with van der Waals surface area (Å²) in [6.45, 7) is 3.73. The van der Waals surface area contributed by atoms with E-state index in [0.29, 0.717) is 0 Å². The molecule has 0 nitrogen and oxygen atoms in total. The molecule has 0 saturated heterocycles. The Morgan fingerprint density at radius 3 is 1.71 bits per heavy atom. The Balaban J connectivity index is 0.00000169. The average molecular weight is 371 g/mol. The third-order valence-corrected chi connectivity index (χ3v) is 1.79. The van der Waals surface area contributed by atoms with Crippen molar-refractivity contribution in [2.24, 2.45) is 0 Å². The second kappa shape index (κ2) is 4.88. The summed E-state index contributed by atoms with van der Waals surface area (Å²) in [7, 11) is 0. The van der Waals surface area contributed by atoms with Gasteiger partial charge in [-0.25, -0.2) is 0 Å². The van der Waals surface area contributed by atoms with Crippen LogP contribution in [0, 0.1) is 5.92 Å². The molecule has 0 N–H and O–H groups in total. The molecule has 1 aromatic rings. The minimum atomic E-state index is -4.24. The molecule has 14 heavy (non-hydrogen) atoms. The summed E-state index contributed by atoms with van der Waals surface area (Å²) in [5.74, 6) is 1.01. The number of halogens is 3. The monoisotopic (exact) mass is 371 g/mol. The molecule has 0 saturated carbocycles. The molecule has 0 aromatic heterocycles. The first-order valence-electron chi connectivity index (χ1n) is 3.89. The van der Waals surface area contributed by atoms with Crippen LogP contribution in [0.4, 0.5) is 13.2 Å². The smallest absolute Gasteiger partial charge is 0.189 e. The third kappa shape index (κ3) is 3.37. The van der Waals surface area contributed by atoms with Gasteiger partial charge in [0.25, 0.3) is 0 Å². The Labute approximate surface area is 95.8 Å². The van der Waals surface area contributed by atoms with Gasteiger partial charge in [-0.15, -0.1) is 12.1 Å². The van der Waals surface area contributed by atoms with Crippen molar-refractivity contribution in [3.63, 3.8) is 0 Å². The summed E-state index contributed by atoms with van der Waals surface area (Å²) in [5, 5.41) is 0. The molecule has 0 radical (unpaired) electrons. The van der Waals surface area contributed by atoms with Gasteiger partial charge in [0.15, 0.2) is 0 Å². The van der Waals surface area contributed by atoms with E-state index in [1.54, 1.807) is 0 Å². The van der Waals surface area contributed by atoms with Gasteiger partial charge in [-0.3, -0.25) is 0 Å². The van der Waals surface area contributed by atoms with E-state index in [-0.39, 0.29) is 21.1 Å². The van der Waals surface area contributed by atoms with Crippen molar-refractivity contribution in [2.75, 3.05) is 0 Å². The molecular weight excluding hydrogens is 361 g/mol. The molecule has 78 valence electrons. The van der Waals surface area contributed by atoms with Crippen LogP contribution in [0.25, 0.3) is 0 Å². The Morgan fingerprint density at radius 2 is 1.43 bits per heavy atom. The molecule has 0 spiro atoms. The van der Waals surface area contributed by atoms with E-state index in [2.05, 4.69) is 0 Å². The maximum atomic E-state index is 12.1. The second-order valence-corrected chi connectivity index (χ2v) is 3.08. The van der Waals surface area contributed by atoms with Crippen LogP contribution in [0.3, 0.4) is 0 Å². The summed E-state index contributed by atoms with van der Waals surface area (Å²) in [5.41, 5.74) is 0.241. The zero-order chi connectivity index (χ0) is 10.1. The van der Waals surface area contributed by atoms with Gasteiger partial charge in [-0.05, 0) is 0 Å². The van der Waals surface area contributed by atoms with Crippen LogP contribution < -0.4 is 0 Å². The molecule has 4 heteroatoms. The fourth-order valence-electron chi connectivity index (χ4n) is 0.993. The van der Waals surface area contributed by atoms with Crippen LogP contribution in [0.2, 0.25) is 0 Å². The molecular formula is C10H10F3W-. The Bertz CT molecular complexity index is 274. The zero-order valence-corrected chi connectivity index (χ0v) is 10.8. The molecule has 0 bridgehead atoms. The molecule has 0 fully saturated rings. The van der Waals surface area contributed by atoms with Crippen LogP contribution in [0.15, 0.2) is 24.3 Å². The first-order chi connectivity index (χ1) is 5.91. The van der Waals surface area contributed by atoms with Crippen molar-refractivity contribution < 1.29 is 34.2 Å². The SMILES string of the molecule is C[C-](C)c1ccc(C(F)(F)F)cc1.[W]. The predicted molar refractivity (Wildman–Crippen MR) is 45.1 cm³/mol. The van der Waals surface area contributed by atoms with E-state index < -0.39 is 11.7 Å². The van der Waals surface area contributed by atoms with Gasteiger partial charge >= 0.3 is 6.18 Å². The van der Waals surface area contributed by atoms with Crippen LogP contribution in [0.1, 0.15) is 25.0 Å². The summed E-state index contributed by atoms with van der Waals surface area (Å²) < 4.78 is 36.3. The van der Waals surface area contributed by atoms with Gasteiger partial charge in [0, 0.05) is 26.6 Å². The minimum Gasteiger partial charge on any atom is -0.189 e. The zero-order valence-electron chi connectivity index (χ0n) is 7.85. The molecule has 1 aromatic carbocycles. The van der Waals surface area contributed by atoms with E-state index in [1.165, 1.54) is 12.1 Å². The molecule has 0 unspecified atom stereocenters. The number of rotatable bonds is 1. The molecule has 0 amide bonds. The topological polar surface area (TPSA) is 0 Å². The van der Waals surface area contributed by atoms with Crippen molar-refractivity contribution >= 4 is 0 Å². The Kier molecular flexibility index (Phi) is 4.73. The van der Waals surface area contributed by atoms with Gasteiger partial charge in [0.2, 0.25) is 0 Å². The Morgan fingerprint density at radius 1 is 1.00 bits per heavy atom. The van der Waals surface area contributed by atoms with E-state index in [4.69, 9.17) is 0 Å². The number of hydrogen-bond donors (Lipinski definition) is 0. The van der Waals surface area contributed by atoms with E-state index in [0.717, 1.165) is 23.6 Å². The summed E-state index contributed by atoms with van der Waals surface area (Å²) in [6.07, 6.45) is -4.24. The summed E-state index contributed by atoms with van der Waals surface area (Å²) >= 11 is 0. The third-order valence-electron chi connectivity index (χ3n) is 1.79. The normalized spacial score (nSPS) is 10.6. The van der Waals surface area contributed by atoms with Crippen LogP contribution in [0.5, 0.6) is 0 Å². The fraction of sp³-hybridized carbons (Fsp3) is 0.300. The van der Waals surface area contributed by atoms with Gasteiger partial charge < -0.3 is 0 Å². The van der Waals surface area contributed by atoms with E-state index >= 15 is 0 Å². The van der Waals surface area contributed by atoms with Gasteiger partial charge in [0.1, 0.15) is 0 Å².